The standard InChI is InChI=1S/C12H13N3OS/c1-12-4-8(12)5-15(7-12)10(16)9-6-14-2-3-17-11(14)13-9/h2-3,6,8H,4-5,7H2,1H3. The van der Waals surface area contributed by atoms with Crippen molar-refractivity contribution in [3.63, 3.8) is 0 Å². The average Bonchev–Trinajstić information content (AvgIpc) is 2.72. The monoisotopic (exact) mass is 247 g/mol. The van der Waals surface area contributed by atoms with Gasteiger partial charge in [-0.3, -0.25) is 9.20 Å². The molecule has 2 aromatic heterocycles. The number of hydrogen-bond acceptors (Lipinski definition) is 3. The quantitative estimate of drug-likeness (QED) is 0.771. The van der Waals surface area contributed by atoms with E-state index in [1.807, 2.05) is 27.1 Å². The summed E-state index contributed by atoms with van der Waals surface area (Å²) in [5, 5.41) is 1.97. The fourth-order valence-corrected chi connectivity index (χ4v) is 3.60. The minimum Gasteiger partial charge on any atom is -0.336 e. The molecule has 2 aliphatic rings. The number of carbonyl (C=O) groups excluding carboxylic acids is 1. The van der Waals surface area contributed by atoms with Crippen molar-refractivity contribution in [3.05, 3.63) is 23.5 Å². The Balaban J connectivity index is 1.62. The van der Waals surface area contributed by atoms with Crippen LogP contribution in [0.5, 0.6) is 0 Å². The minimum absolute atomic E-state index is 0.0920. The number of rotatable bonds is 1. The summed E-state index contributed by atoms with van der Waals surface area (Å²) in [6.07, 6.45) is 5.06. The third-order valence-corrected chi connectivity index (χ3v) is 4.90. The van der Waals surface area contributed by atoms with Gasteiger partial charge in [-0.2, -0.15) is 0 Å². The summed E-state index contributed by atoms with van der Waals surface area (Å²) in [6, 6.07) is 0. The van der Waals surface area contributed by atoms with Crippen molar-refractivity contribution in [2.24, 2.45) is 11.3 Å². The zero-order chi connectivity index (χ0) is 11.6. The van der Waals surface area contributed by atoms with Crippen LogP contribution in [0.4, 0.5) is 0 Å². The summed E-state index contributed by atoms with van der Waals surface area (Å²) in [6.45, 7) is 4.10. The molecule has 0 N–H and O–H groups in total. The van der Waals surface area contributed by atoms with Crippen LogP contribution in [0.1, 0.15) is 23.8 Å². The summed E-state index contributed by atoms with van der Waals surface area (Å²) < 4.78 is 1.91. The first kappa shape index (κ1) is 9.65. The van der Waals surface area contributed by atoms with Gasteiger partial charge in [0.2, 0.25) is 0 Å². The van der Waals surface area contributed by atoms with E-state index in [0.717, 1.165) is 24.0 Å². The zero-order valence-electron chi connectivity index (χ0n) is 9.59. The number of carbonyl (C=O) groups is 1. The third-order valence-electron chi connectivity index (χ3n) is 4.13. The molecule has 0 aromatic carbocycles. The Bertz CT molecular complexity index is 588. The fraction of sp³-hybridized carbons (Fsp3) is 0.500. The van der Waals surface area contributed by atoms with Crippen molar-refractivity contribution >= 4 is 22.2 Å². The molecule has 1 aliphatic carbocycles. The number of thiazole rings is 1. The predicted molar refractivity (Wildman–Crippen MR) is 65.2 cm³/mol. The first-order chi connectivity index (χ1) is 8.16. The normalized spacial score (nSPS) is 30.9. The predicted octanol–water partition coefficient (Wildman–Crippen LogP) is 1.88. The molecule has 1 saturated carbocycles. The van der Waals surface area contributed by atoms with Crippen LogP contribution < -0.4 is 0 Å². The summed E-state index contributed by atoms with van der Waals surface area (Å²) in [5.74, 6) is 0.824. The number of piperidine rings is 1. The number of imidazole rings is 1. The van der Waals surface area contributed by atoms with Gasteiger partial charge in [-0.1, -0.05) is 6.92 Å². The SMILES string of the molecule is CC12CC1CN(C(=O)c1cn3ccsc3n1)C2. The summed E-state index contributed by atoms with van der Waals surface area (Å²) in [7, 11) is 0. The zero-order valence-corrected chi connectivity index (χ0v) is 10.4. The maximum absolute atomic E-state index is 12.3. The van der Waals surface area contributed by atoms with Crippen molar-refractivity contribution in [2.75, 3.05) is 13.1 Å². The first-order valence-corrected chi connectivity index (χ1v) is 6.75. The smallest absolute Gasteiger partial charge is 0.274 e. The molecular formula is C12H13N3OS. The molecule has 17 heavy (non-hydrogen) atoms. The van der Waals surface area contributed by atoms with Crippen LogP contribution >= 0.6 is 11.3 Å². The van der Waals surface area contributed by atoms with E-state index >= 15 is 0 Å². The van der Waals surface area contributed by atoms with Gasteiger partial charge >= 0.3 is 0 Å². The lowest BCUT2D eigenvalue weighted by molar-refractivity contribution is 0.0761. The Kier molecular flexibility index (Phi) is 1.65. The van der Waals surface area contributed by atoms with Gasteiger partial charge in [-0.25, -0.2) is 4.98 Å². The first-order valence-electron chi connectivity index (χ1n) is 5.87. The number of hydrogen-bond donors (Lipinski definition) is 0. The maximum Gasteiger partial charge on any atom is 0.274 e. The molecule has 2 fully saturated rings. The number of fused-ring (bicyclic) bond motifs is 2. The molecule has 1 aliphatic heterocycles. The van der Waals surface area contributed by atoms with Crippen LogP contribution in [0.2, 0.25) is 0 Å². The maximum atomic E-state index is 12.3. The Morgan fingerprint density at radius 3 is 3.24 bits per heavy atom. The van der Waals surface area contributed by atoms with Crippen LogP contribution in [0.3, 0.4) is 0 Å². The summed E-state index contributed by atoms with van der Waals surface area (Å²) in [5.41, 5.74) is 0.994. The number of amides is 1. The van der Waals surface area contributed by atoms with Crippen molar-refractivity contribution in [2.45, 2.75) is 13.3 Å². The van der Waals surface area contributed by atoms with E-state index in [4.69, 9.17) is 0 Å². The van der Waals surface area contributed by atoms with Crippen LogP contribution in [0, 0.1) is 11.3 Å². The Labute approximate surface area is 103 Å². The van der Waals surface area contributed by atoms with E-state index in [9.17, 15) is 4.79 Å². The van der Waals surface area contributed by atoms with E-state index in [0.29, 0.717) is 11.1 Å². The Hall–Kier alpha value is -1.36. The molecule has 2 unspecified atom stereocenters. The van der Waals surface area contributed by atoms with Gasteiger partial charge in [0.25, 0.3) is 5.91 Å². The van der Waals surface area contributed by atoms with Crippen LogP contribution in [0.15, 0.2) is 17.8 Å². The van der Waals surface area contributed by atoms with Gasteiger partial charge in [0.05, 0.1) is 0 Å². The highest BCUT2D eigenvalue weighted by Crippen LogP contribution is 2.57. The van der Waals surface area contributed by atoms with E-state index in [-0.39, 0.29) is 5.91 Å². The molecule has 2 aromatic rings. The topological polar surface area (TPSA) is 37.6 Å². The van der Waals surface area contributed by atoms with Gasteiger partial charge < -0.3 is 4.90 Å². The molecule has 1 saturated heterocycles. The summed E-state index contributed by atoms with van der Waals surface area (Å²) in [4.78, 5) is 19.5. The van der Waals surface area contributed by atoms with Gasteiger partial charge in [0.1, 0.15) is 5.69 Å². The lowest BCUT2D eigenvalue weighted by atomic mass is 10.1. The van der Waals surface area contributed by atoms with E-state index in [2.05, 4.69) is 11.9 Å². The second-order valence-corrected chi connectivity index (χ2v) is 6.33. The Morgan fingerprint density at radius 1 is 1.65 bits per heavy atom. The summed E-state index contributed by atoms with van der Waals surface area (Å²) >= 11 is 1.56. The molecule has 2 atom stereocenters. The van der Waals surface area contributed by atoms with Crippen molar-refractivity contribution in [1.29, 1.82) is 0 Å². The Morgan fingerprint density at radius 2 is 2.53 bits per heavy atom. The second-order valence-electron chi connectivity index (χ2n) is 5.46. The molecule has 0 radical (unpaired) electrons. The second kappa shape index (κ2) is 2.90. The van der Waals surface area contributed by atoms with Crippen LogP contribution in [-0.4, -0.2) is 33.3 Å². The van der Waals surface area contributed by atoms with E-state index in [1.54, 1.807) is 11.3 Å². The molecular weight excluding hydrogens is 234 g/mol. The van der Waals surface area contributed by atoms with Gasteiger partial charge in [-0.05, 0) is 17.8 Å². The molecule has 3 heterocycles. The van der Waals surface area contributed by atoms with Crippen LogP contribution in [0.25, 0.3) is 4.96 Å². The highest BCUT2D eigenvalue weighted by Gasteiger charge is 2.57. The van der Waals surface area contributed by atoms with Crippen LogP contribution in [-0.2, 0) is 0 Å². The molecule has 4 rings (SSSR count). The largest absolute Gasteiger partial charge is 0.336 e. The fourth-order valence-electron chi connectivity index (χ4n) is 2.90. The number of nitrogens with zero attached hydrogens (tertiary/aromatic N) is 3. The molecule has 0 spiro atoms. The number of likely N-dealkylation sites (tertiary alicyclic amines) is 1. The van der Waals surface area contributed by atoms with Crippen molar-refractivity contribution in [3.8, 4) is 0 Å². The molecule has 88 valence electrons. The molecule has 1 amide bonds. The van der Waals surface area contributed by atoms with Gasteiger partial charge in [0.15, 0.2) is 4.96 Å². The average molecular weight is 247 g/mol. The third kappa shape index (κ3) is 1.29. The van der Waals surface area contributed by atoms with Gasteiger partial charge in [0, 0.05) is 30.9 Å². The van der Waals surface area contributed by atoms with E-state index in [1.165, 1.54) is 6.42 Å². The lowest BCUT2D eigenvalue weighted by Gasteiger charge is -2.18. The number of aromatic nitrogens is 2. The highest BCUT2D eigenvalue weighted by molar-refractivity contribution is 7.15. The molecule has 0 bridgehead atoms. The van der Waals surface area contributed by atoms with Crippen molar-refractivity contribution in [1.82, 2.24) is 14.3 Å². The van der Waals surface area contributed by atoms with Gasteiger partial charge in [-0.15, -0.1) is 11.3 Å². The molecule has 4 nitrogen and oxygen atoms in total. The van der Waals surface area contributed by atoms with Crippen molar-refractivity contribution < 1.29 is 4.79 Å². The molecule has 5 heteroatoms. The van der Waals surface area contributed by atoms with E-state index < -0.39 is 0 Å². The minimum atomic E-state index is 0.0920. The highest BCUT2D eigenvalue weighted by atomic mass is 32.1. The lowest BCUT2D eigenvalue weighted by Crippen LogP contribution is -2.31.